The van der Waals surface area contributed by atoms with Crippen molar-refractivity contribution >= 4 is 5.97 Å². The second-order valence-electron chi connectivity index (χ2n) is 1.80. The van der Waals surface area contributed by atoms with E-state index in [1.54, 1.807) is 0 Å². The average molecular weight is 200 g/mol. The highest BCUT2D eigenvalue weighted by Crippen LogP contribution is 1.76. The molecule has 0 radical (unpaired) electrons. The van der Waals surface area contributed by atoms with Gasteiger partial charge in [-0.2, -0.15) is 0 Å². The van der Waals surface area contributed by atoms with E-state index in [1.165, 1.54) is 19.6 Å². The summed E-state index contributed by atoms with van der Waals surface area (Å²) in [5.74, 6) is -0.394. The van der Waals surface area contributed by atoms with Gasteiger partial charge in [-0.05, 0) is 0 Å². The fourth-order valence-corrected chi connectivity index (χ4v) is 0.346. The van der Waals surface area contributed by atoms with Crippen LogP contribution >= 0.6 is 0 Å². The van der Waals surface area contributed by atoms with Crippen molar-refractivity contribution in [3.8, 4) is 0 Å². The molecule has 0 unspecified atom stereocenters. The van der Waals surface area contributed by atoms with E-state index in [0.717, 1.165) is 6.08 Å². The van der Waals surface area contributed by atoms with Gasteiger partial charge in [-0.1, -0.05) is 19.7 Å². The molecule has 0 rings (SSSR count). The number of rotatable bonds is 6. The van der Waals surface area contributed by atoms with Crippen molar-refractivity contribution in [2.45, 2.75) is 0 Å². The largest absolute Gasteiger partial charge is 0.498 e. The Bertz CT molecular complexity index is 165. The minimum Gasteiger partial charge on any atom is -0.498 e. The van der Waals surface area contributed by atoms with E-state index in [9.17, 15) is 4.79 Å². The second-order valence-corrected chi connectivity index (χ2v) is 1.80. The first-order chi connectivity index (χ1) is 6.72. The number of ether oxygens (including phenoxy) is 3. The van der Waals surface area contributed by atoms with Gasteiger partial charge in [0.2, 0.25) is 0 Å². The Hall–Kier alpha value is -1.71. The predicted molar refractivity (Wildman–Crippen MR) is 54.5 cm³/mol. The van der Waals surface area contributed by atoms with E-state index in [0.29, 0.717) is 13.2 Å². The molecular formula is C10H16O4. The van der Waals surface area contributed by atoms with Gasteiger partial charge in [-0.25, -0.2) is 4.79 Å². The summed E-state index contributed by atoms with van der Waals surface area (Å²) in [5.41, 5.74) is 0. The third kappa shape index (κ3) is 16.7. The summed E-state index contributed by atoms with van der Waals surface area (Å²) < 4.78 is 13.6. The Morgan fingerprint density at radius 3 is 1.71 bits per heavy atom. The first-order valence-electron chi connectivity index (χ1n) is 3.88. The monoisotopic (exact) mass is 200 g/mol. The maximum Gasteiger partial charge on any atom is 0.329 e. The third-order valence-corrected chi connectivity index (χ3v) is 0.923. The average Bonchev–Trinajstić information content (AvgIpc) is 2.24. The number of carbonyl (C=O) groups is 1. The lowest BCUT2D eigenvalue weighted by Crippen LogP contribution is -1.95. The number of methoxy groups -OCH3 is 1. The van der Waals surface area contributed by atoms with Crippen molar-refractivity contribution in [3.63, 3.8) is 0 Å². The SMILES string of the molecule is C=CC(=O)OC.C=COCCOC=C. The molecule has 0 atom stereocenters. The van der Waals surface area contributed by atoms with Crippen LogP contribution in [-0.2, 0) is 19.0 Å². The maximum atomic E-state index is 9.84. The zero-order valence-electron chi connectivity index (χ0n) is 8.40. The van der Waals surface area contributed by atoms with Gasteiger partial charge in [0.1, 0.15) is 13.2 Å². The van der Waals surface area contributed by atoms with Crippen LogP contribution < -0.4 is 0 Å². The van der Waals surface area contributed by atoms with Crippen molar-refractivity contribution in [3.05, 3.63) is 38.3 Å². The molecule has 0 saturated heterocycles. The van der Waals surface area contributed by atoms with Crippen LogP contribution in [0.15, 0.2) is 38.3 Å². The van der Waals surface area contributed by atoms with Crippen LogP contribution in [0.3, 0.4) is 0 Å². The molecule has 14 heavy (non-hydrogen) atoms. The van der Waals surface area contributed by atoms with Crippen LogP contribution in [0.5, 0.6) is 0 Å². The van der Waals surface area contributed by atoms with E-state index in [1.807, 2.05) is 0 Å². The van der Waals surface area contributed by atoms with Crippen LogP contribution in [0.4, 0.5) is 0 Å². The summed E-state index contributed by atoms with van der Waals surface area (Å²) >= 11 is 0. The van der Waals surface area contributed by atoms with E-state index in [2.05, 4.69) is 24.5 Å². The van der Waals surface area contributed by atoms with Crippen molar-refractivity contribution in [2.75, 3.05) is 20.3 Å². The lowest BCUT2D eigenvalue weighted by molar-refractivity contribution is -0.134. The number of hydrogen-bond donors (Lipinski definition) is 0. The van der Waals surface area contributed by atoms with E-state index in [4.69, 9.17) is 9.47 Å². The first kappa shape index (κ1) is 14.8. The number of esters is 1. The normalized spacial score (nSPS) is 7.21. The predicted octanol–water partition coefficient (Wildman–Crippen LogP) is 1.65. The Balaban J connectivity index is 0. The highest BCUT2D eigenvalue weighted by Gasteiger charge is 1.81. The molecule has 4 heteroatoms. The van der Waals surface area contributed by atoms with E-state index < -0.39 is 5.97 Å². The zero-order valence-corrected chi connectivity index (χ0v) is 8.40. The van der Waals surface area contributed by atoms with Gasteiger partial charge >= 0.3 is 5.97 Å². The minimum atomic E-state index is -0.394. The quantitative estimate of drug-likeness (QED) is 0.283. The lowest BCUT2D eigenvalue weighted by atomic mass is 10.7. The van der Waals surface area contributed by atoms with Crippen molar-refractivity contribution in [1.29, 1.82) is 0 Å². The van der Waals surface area contributed by atoms with Gasteiger partial charge < -0.3 is 14.2 Å². The smallest absolute Gasteiger partial charge is 0.329 e. The van der Waals surface area contributed by atoms with Gasteiger partial charge in [0, 0.05) is 6.08 Å². The molecule has 0 fully saturated rings. The molecule has 0 aromatic rings. The van der Waals surface area contributed by atoms with Gasteiger partial charge in [0.25, 0.3) is 0 Å². The number of hydrogen-bond acceptors (Lipinski definition) is 4. The van der Waals surface area contributed by atoms with Gasteiger partial charge in [0.05, 0.1) is 19.6 Å². The molecule has 0 aromatic carbocycles. The van der Waals surface area contributed by atoms with Crippen LogP contribution in [0, 0.1) is 0 Å². The van der Waals surface area contributed by atoms with Crippen LogP contribution in [0.25, 0.3) is 0 Å². The molecule has 0 bridgehead atoms. The molecule has 0 aliphatic rings. The van der Waals surface area contributed by atoms with Crippen molar-refractivity contribution in [2.24, 2.45) is 0 Å². The topological polar surface area (TPSA) is 44.8 Å². The second kappa shape index (κ2) is 13.9. The van der Waals surface area contributed by atoms with Gasteiger partial charge in [-0.15, -0.1) is 0 Å². The zero-order chi connectivity index (χ0) is 11.2. The molecule has 0 aliphatic heterocycles. The van der Waals surface area contributed by atoms with Gasteiger partial charge in [0.15, 0.2) is 0 Å². The summed E-state index contributed by atoms with van der Waals surface area (Å²) in [4.78, 5) is 9.84. The molecule has 4 nitrogen and oxygen atoms in total. The number of carbonyl (C=O) groups excluding carboxylic acids is 1. The van der Waals surface area contributed by atoms with Crippen LogP contribution in [0.2, 0.25) is 0 Å². The lowest BCUT2D eigenvalue weighted by Gasteiger charge is -1.97. The Morgan fingerprint density at radius 2 is 1.57 bits per heavy atom. The highest BCUT2D eigenvalue weighted by atomic mass is 16.5. The molecule has 80 valence electrons. The standard InChI is InChI=1S/C6H10O2.C4H6O2/c1-3-7-5-6-8-4-2;1-3-4(5)6-2/h3-4H,1-2,5-6H2;3H,1H2,2H3. The van der Waals surface area contributed by atoms with Crippen molar-refractivity contribution < 1.29 is 19.0 Å². The first-order valence-corrected chi connectivity index (χ1v) is 3.88. The summed E-state index contributed by atoms with van der Waals surface area (Å²) in [7, 11) is 1.31. The van der Waals surface area contributed by atoms with Crippen LogP contribution in [0.1, 0.15) is 0 Å². The van der Waals surface area contributed by atoms with Crippen LogP contribution in [-0.4, -0.2) is 26.3 Å². The van der Waals surface area contributed by atoms with E-state index in [-0.39, 0.29) is 0 Å². The Kier molecular flexibility index (Phi) is 14.6. The minimum absolute atomic E-state index is 0.394. The summed E-state index contributed by atoms with van der Waals surface area (Å²) in [6, 6.07) is 0. The van der Waals surface area contributed by atoms with Gasteiger partial charge in [-0.3, -0.25) is 0 Å². The molecular weight excluding hydrogens is 184 g/mol. The fourth-order valence-electron chi connectivity index (χ4n) is 0.346. The molecule has 0 aliphatic carbocycles. The summed E-state index contributed by atoms with van der Waals surface area (Å²) in [6.07, 6.45) is 3.87. The summed E-state index contributed by atoms with van der Waals surface area (Å²) in [5, 5.41) is 0. The molecule has 0 aromatic heterocycles. The molecule has 0 amide bonds. The molecule has 0 heterocycles. The van der Waals surface area contributed by atoms with E-state index >= 15 is 0 Å². The van der Waals surface area contributed by atoms with Crippen molar-refractivity contribution in [1.82, 2.24) is 0 Å². The Labute approximate surface area is 84.5 Å². The maximum absolute atomic E-state index is 9.84. The highest BCUT2D eigenvalue weighted by molar-refractivity contribution is 5.80. The Morgan fingerprint density at radius 1 is 1.14 bits per heavy atom. The summed E-state index contributed by atoms with van der Waals surface area (Å²) in [6.45, 7) is 10.9. The third-order valence-electron chi connectivity index (χ3n) is 0.923. The molecule has 0 spiro atoms. The fraction of sp³-hybridized carbons (Fsp3) is 0.300. The molecule has 0 N–H and O–H groups in total. The molecule has 0 saturated carbocycles.